The maximum absolute atomic E-state index is 6.72. The summed E-state index contributed by atoms with van der Waals surface area (Å²) in [6.07, 6.45) is 29.7. The number of hydrogen-bond donors (Lipinski definition) is 0. The zero-order valence-electron chi connectivity index (χ0n) is 30.9. The second-order valence-electron chi connectivity index (χ2n) is 15.9. The van der Waals surface area contributed by atoms with Crippen LogP contribution in [0.15, 0.2) is 160 Å². The molecule has 4 aromatic rings. The summed E-state index contributed by atoms with van der Waals surface area (Å²) < 4.78 is 13.2. The van der Waals surface area contributed by atoms with Gasteiger partial charge in [-0.25, -0.2) is 0 Å². The highest BCUT2D eigenvalue weighted by atomic mass is 16.5. The van der Waals surface area contributed by atoms with Crippen molar-refractivity contribution in [2.75, 3.05) is 4.90 Å². The van der Waals surface area contributed by atoms with E-state index in [1.807, 2.05) is 0 Å². The summed E-state index contributed by atoms with van der Waals surface area (Å²) in [4.78, 5) is 2.44. The molecule has 2 heterocycles. The summed E-state index contributed by atoms with van der Waals surface area (Å²) in [6.45, 7) is 4.80. The van der Waals surface area contributed by atoms with Crippen molar-refractivity contribution in [3.8, 4) is 0 Å². The minimum atomic E-state index is 0.351. The van der Waals surface area contributed by atoms with Crippen LogP contribution >= 0.6 is 0 Å². The predicted molar refractivity (Wildman–Crippen MR) is 218 cm³/mol. The molecule has 4 unspecified atom stereocenters. The predicted octanol–water partition coefficient (Wildman–Crippen LogP) is 13.3. The van der Waals surface area contributed by atoms with E-state index in [4.69, 9.17) is 9.15 Å². The van der Waals surface area contributed by atoms with Crippen LogP contribution in [0.25, 0.3) is 22.1 Å². The van der Waals surface area contributed by atoms with Crippen LogP contribution in [0.2, 0.25) is 0 Å². The van der Waals surface area contributed by atoms with Crippen molar-refractivity contribution in [3.63, 3.8) is 0 Å². The van der Waals surface area contributed by atoms with Crippen LogP contribution in [0, 0.1) is 23.7 Å². The topological polar surface area (TPSA) is 25.6 Å². The van der Waals surface area contributed by atoms with Crippen molar-refractivity contribution in [2.45, 2.75) is 65.2 Å². The zero-order valence-corrected chi connectivity index (χ0v) is 30.9. The molecule has 3 aromatic carbocycles. The number of rotatable bonds is 6. The molecular weight excluding hydrogens is 647 g/mol. The molecule has 3 nitrogen and oxygen atoms in total. The van der Waals surface area contributed by atoms with Crippen molar-refractivity contribution < 1.29 is 9.15 Å². The largest absolute Gasteiger partial charge is 0.461 e. The van der Waals surface area contributed by atoms with E-state index in [0.717, 1.165) is 67.7 Å². The van der Waals surface area contributed by atoms with Gasteiger partial charge >= 0.3 is 0 Å². The van der Waals surface area contributed by atoms with Crippen LogP contribution in [0.5, 0.6) is 0 Å². The summed E-state index contributed by atoms with van der Waals surface area (Å²) >= 11 is 0. The van der Waals surface area contributed by atoms with Crippen molar-refractivity contribution in [2.24, 2.45) is 23.7 Å². The lowest BCUT2D eigenvalue weighted by Gasteiger charge is -2.34. The first kappa shape index (κ1) is 32.4. The number of benzene rings is 3. The number of hydrogen-bond acceptors (Lipinski definition) is 3. The van der Waals surface area contributed by atoms with Crippen molar-refractivity contribution in [3.05, 3.63) is 178 Å². The molecule has 0 amide bonds. The number of para-hydroxylation sites is 1. The number of allylic oxidation sites excluding steroid dienone is 12. The zero-order chi connectivity index (χ0) is 35.5. The summed E-state index contributed by atoms with van der Waals surface area (Å²) in [5.41, 5.74) is 13.8. The van der Waals surface area contributed by atoms with E-state index in [-0.39, 0.29) is 0 Å². The van der Waals surface area contributed by atoms with Crippen LogP contribution < -0.4 is 4.90 Å². The highest BCUT2D eigenvalue weighted by Crippen LogP contribution is 2.52. The SMILES string of the molecule is CC1CC(C2C=CC(N(c3ccc(C4=CCCc5c4oc4ccccc54)cc3)c3cccc(C4=CCCC=C4)c3)=CC2)=C2OC3=C(C(C)CC=C3)C2C1. The van der Waals surface area contributed by atoms with Gasteiger partial charge in [-0.2, -0.15) is 0 Å². The Bertz CT molecular complexity index is 2370. The average Bonchev–Trinajstić information content (AvgIpc) is 3.78. The highest BCUT2D eigenvalue weighted by Gasteiger charge is 2.42. The Hall–Kier alpha value is -5.28. The molecule has 6 aliphatic rings. The first-order valence-corrected chi connectivity index (χ1v) is 19.9. The standard InChI is InChI=1S/C50H47NO2/c1-32-29-44(50-45(30-32)48-33(2)11-8-20-47(48)53-50)36-23-27-39(28-24-36)51(40-15-9-14-37(31-40)34-12-4-3-5-13-34)38-25-21-35(22-26-38)41-17-10-18-43-42-16-6-7-19-46(42)52-49(41)43/h4,6-9,12-17,19-23,25-28,31-33,36,45H,3,5,10-11,18,24,29-30H2,1-2H3. The molecule has 5 aliphatic carbocycles. The van der Waals surface area contributed by atoms with Gasteiger partial charge in [0.1, 0.15) is 22.9 Å². The summed E-state index contributed by atoms with van der Waals surface area (Å²) in [5, 5.41) is 1.24. The fraction of sp³-hybridized carbons (Fsp3) is 0.280. The van der Waals surface area contributed by atoms with Gasteiger partial charge in [-0.3, -0.25) is 0 Å². The lowest BCUT2D eigenvalue weighted by atomic mass is 9.71. The van der Waals surface area contributed by atoms with Crippen LogP contribution in [0.4, 0.5) is 11.4 Å². The molecular formula is C50H47NO2. The molecule has 53 heavy (non-hydrogen) atoms. The first-order chi connectivity index (χ1) is 26.1. The van der Waals surface area contributed by atoms with Crippen LogP contribution in [0.3, 0.4) is 0 Å². The number of ether oxygens (including phenoxy) is 1. The summed E-state index contributed by atoms with van der Waals surface area (Å²) in [5.74, 6) is 5.42. The Morgan fingerprint density at radius 2 is 1.66 bits per heavy atom. The van der Waals surface area contributed by atoms with Gasteiger partial charge in [0.2, 0.25) is 0 Å². The molecule has 264 valence electrons. The summed E-state index contributed by atoms with van der Waals surface area (Å²) in [6, 6.07) is 26.6. The third-order valence-electron chi connectivity index (χ3n) is 12.3. The van der Waals surface area contributed by atoms with Gasteiger partial charge in [0.15, 0.2) is 0 Å². The number of aryl methyl sites for hydroxylation is 1. The van der Waals surface area contributed by atoms with Gasteiger partial charge in [-0.1, -0.05) is 98.8 Å². The fourth-order valence-electron chi connectivity index (χ4n) is 9.79. The lowest BCUT2D eigenvalue weighted by molar-refractivity contribution is 0.267. The maximum Gasteiger partial charge on any atom is 0.138 e. The van der Waals surface area contributed by atoms with Gasteiger partial charge in [0.05, 0.1) is 0 Å². The second-order valence-corrected chi connectivity index (χ2v) is 15.9. The molecule has 0 spiro atoms. The van der Waals surface area contributed by atoms with Gasteiger partial charge in [-0.05, 0) is 134 Å². The normalized spacial score (nSPS) is 24.7. The second kappa shape index (κ2) is 13.3. The van der Waals surface area contributed by atoms with E-state index in [9.17, 15) is 0 Å². The number of furan rings is 1. The van der Waals surface area contributed by atoms with E-state index in [1.165, 1.54) is 62.4 Å². The van der Waals surface area contributed by atoms with Gasteiger partial charge < -0.3 is 14.1 Å². The molecule has 1 aromatic heterocycles. The Balaban J connectivity index is 0.992. The Morgan fingerprint density at radius 1 is 0.755 bits per heavy atom. The molecule has 3 heteroatoms. The van der Waals surface area contributed by atoms with E-state index < -0.39 is 0 Å². The molecule has 0 fully saturated rings. The third-order valence-corrected chi connectivity index (χ3v) is 12.3. The Morgan fingerprint density at radius 3 is 2.51 bits per heavy atom. The molecule has 0 N–H and O–H groups in total. The molecule has 10 rings (SSSR count). The van der Waals surface area contributed by atoms with Gasteiger partial charge in [-0.15, -0.1) is 0 Å². The molecule has 0 bridgehead atoms. The van der Waals surface area contributed by atoms with E-state index in [1.54, 1.807) is 5.57 Å². The van der Waals surface area contributed by atoms with Gasteiger partial charge in [0, 0.05) is 45.4 Å². The van der Waals surface area contributed by atoms with Crippen LogP contribution in [-0.4, -0.2) is 0 Å². The third kappa shape index (κ3) is 5.73. The first-order valence-electron chi connectivity index (χ1n) is 19.9. The monoisotopic (exact) mass is 693 g/mol. The quantitative estimate of drug-likeness (QED) is 0.201. The Labute approximate surface area is 313 Å². The fourth-order valence-corrected chi connectivity index (χ4v) is 9.79. The Kier molecular flexibility index (Phi) is 8.12. The molecule has 4 atom stereocenters. The molecule has 1 aliphatic heterocycles. The van der Waals surface area contributed by atoms with E-state index in [2.05, 4.69) is 146 Å². The lowest BCUT2D eigenvalue weighted by Crippen LogP contribution is -2.24. The van der Waals surface area contributed by atoms with Crippen molar-refractivity contribution in [1.29, 1.82) is 0 Å². The van der Waals surface area contributed by atoms with Crippen molar-refractivity contribution in [1.82, 2.24) is 0 Å². The number of nitrogens with zero attached hydrogens (tertiary/aromatic N) is 1. The maximum atomic E-state index is 6.72. The molecule has 0 saturated carbocycles. The van der Waals surface area contributed by atoms with E-state index in [0.29, 0.717) is 23.7 Å². The van der Waals surface area contributed by atoms with Crippen LogP contribution in [0.1, 0.15) is 81.2 Å². The smallest absolute Gasteiger partial charge is 0.138 e. The minimum Gasteiger partial charge on any atom is -0.461 e. The highest BCUT2D eigenvalue weighted by molar-refractivity contribution is 5.91. The van der Waals surface area contributed by atoms with Crippen molar-refractivity contribution >= 4 is 33.5 Å². The molecule has 0 radical (unpaired) electrons. The van der Waals surface area contributed by atoms with Gasteiger partial charge in [0.25, 0.3) is 0 Å². The van der Waals surface area contributed by atoms with Crippen LogP contribution in [-0.2, 0) is 11.2 Å². The number of anilines is 2. The van der Waals surface area contributed by atoms with E-state index >= 15 is 0 Å². The number of fused-ring (bicyclic) bond motifs is 5. The summed E-state index contributed by atoms with van der Waals surface area (Å²) in [7, 11) is 0. The minimum absolute atomic E-state index is 0.351. The average molecular weight is 694 g/mol. The molecule has 0 saturated heterocycles.